The first-order chi connectivity index (χ1) is 3.95. The lowest BCUT2D eigenvalue weighted by molar-refractivity contribution is -0.117. The predicted molar refractivity (Wildman–Crippen MR) is 44.8 cm³/mol. The topological polar surface area (TPSA) is 29.1 Å². The first-order valence-electron chi connectivity index (χ1n) is 2.90. The first-order valence-corrected chi connectivity index (χ1v) is 2.90. The van der Waals surface area contributed by atoms with E-state index in [1.54, 1.807) is 0 Å². The molecular formula is C8H17NO. The summed E-state index contributed by atoms with van der Waals surface area (Å²) < 4.78 is 0. The Morgan fingerprint density at radius 2 is 1.90 bits per heavy atom. The molecule has 1 N–H and O–H groups in total. The Kier molecular flexibility index (Phi) is 4.89. The highest BCUT2D eigenvalue weighted by atomic mass is 16.1. The lowest BCUT2D eigenvalue weighted by Crippen LogP contribution is -2.39. The van der Waals surface area contributed by atoms with E-state index in [1.807, 2.05) is 20.8 Å². The summed E-state index contributed by atoms with van der Waals surface area (Å²) >= 11 is 0. The van der Waals surface area contributed by atoms with Gasteiger partial charge in [0.2, 0.25) is 5.91 Å². The molecule has 1 amide bonds. The van der Waals surface area contributed by atoms with Gasteiger partial charge in [-0.15, -0.1) is 0 Å². The first kappa shape index (κ1) is 11.9. The average Bonchev–Trinajstić information content (AvgIpc) is 1.62. The summed E-state index contributed by atoms with van der Waals surface area (Å²) in [5.41, 5.74) is -0.148. The molecule has 2 heteroatoms. The largest absolute Gasteiger partial charge is 0.348 e. The van der Waals surface area contributed by atoms with Gasteiger partial charge in [-0.05, 0) is 26.8 Å². The number of amides is 1. The van der Waals surface area contributed by atoms with E-state index in [9.17, 15) is 4.79 Å². The minimum Gasteiger partial charge on any atom is -0.348 e. The normalized spacial score (nSPS) is 9.50. The molecule has 60 valence electrons. The third kappa shape index (κ3) is 7.21. The highest BCUT2D eigenvalue weighted by Crippen LogP contribution is 1.97. The van der Waals surface area contributed by atoms with Crippen LogP contribution in [0, 0.1) is 0 Å². The third-order valence-corrected chi connectivity index (χ3v) is 0.684. The average molecular weight is 143 g/mol. The molecule has 0 saturated heterocycles. The molecule has 0 spiro atoms. The van der Waals surface area contributed by atoms with Gasteiger partial charge in [0.15, 0.2) is 0 Å². The second-order valence-corrected chi connectivity index (χ2v) is 2.94. The van der Waals surface area contributed by atoms with E-state index < -0.39 is 0 Å². The van der Waals surface area contributed by atoms with Crippen LogP contribution in [-0.4, -0.2) is 11.4 Å². The van der Waals surface area contributed by atoms with Crippen LogP contribution in [-0.2, 0) is 4.79 Å². The molecule has 0 aliphatic heterocycles. The zero-order valence-corrected chi connectivity index (χ0v) is 6.19. The maximum atomic E-state index is 10.6. The lowest BCUT2D eigenvalue weighted by atomic mass is 10.1. The molecule has 0 saturated carbocycles. The van der Waals surface area contributed by atoms with Crippen molar-refractivity contribution in [3.63, 3.8) is 0 Å². The monoisotopic (exact) mass is 143 g/mol. The van der Waals surface area contributed by atoms with Crippen molar-refractivity contribution in [2.75, 3.05) is 0 Å². The van der Waals surface area contributed by atoms with Gasteiger partial charge in [-0.1, -0.05) is 14.0 Å². The van der Waals surface area contributed by atoms with Crippen LogP contribution in [0.4, 0.5) is 0 Å². The highest BCUT2D eigenvalue weighted by molar-refractivity contribution is 5.87. The van der Waals surface area contributed by atoms with Crippen LogP contribution in [0.1, 0.15) is 28.2 Å². The second kappa shape index (κ2) is 4.09. The zero-order valence-electron chi connectivity index (χ0n) is 6.19. The summed E-state index contributed by atoms with van der Waals surface area (Å²) in [6, 6.07) is 0. The Morgan fingerprint density at radius 1 is 1.50 bits per heavy atom. The molecular weight excluding hydrogens is 126 g/mol. The van der Waals surface area contributed by atoms with Gasteiger partial charge in [0.25, 0.3) is 0 Å². The van der Waals surface area contributed by atoms with Crippen LogP contribution < -0.4 is 5.32 Å². The Morgan fingerprint density at radius 3 is 2.00 bits per heavy atom. The van der Waals surface area contributed by atoms with Crippen LogP contribution in [0.5, 0.6) is 0 Å². The standard InChI is InChI=1S/C7H13NO.CH4/c1-5-6(9)8-7(2,3)4;/h5H,1H2,2-4H3,(H,8,9);1H4. The van der Waals surface area contributed by atoms with Gasteiger partial charge in [-0.25, -0.2) is 0 Å². The molecule has 0 radical (unpaired) electrons. The molecule has 0 aliphatic rings. The van der Waals surface area contributed by atoms with Gasteiger partial charge >= 0.3 is 0 Å². The number of hydrogen-bond donors (Lipinski definition) is 1. The second-order valence-electron chi connectivity index (χ2n) is 2.94. The molecule has 0 aromatic heterocycles. The van der Waals surface area contributed by atoms with Crippen LogP contribution in [0.25, 0.3) is 0 Å². The fourth-order valence-electron chi connectivity index (χ4n) is 0.421. The van der Waals surface area contributed by atoms with E-state index in [2.05, 4.69) is 11.9 Å². The van der Waals surface area contributed by atoms with Crippen molar-refractivity contribution in [1.82, 2.24) is 5.32 Å². The molecule has 0 atom stereocenters. The van der Waals surface area contributed by atoms with Gasteiger partial charge < -0.3 is 5.32 Å². The Hall–Kier alpha value is -0.790. The van der Waals surface area contributed by atoms with Crippen molar-refractivity contribution in [1.29, 1.82) is 0 Å². The van der Waals surface area contributed by atoms with E-state index in [-0.39, 0.29) is 18.9 Å². The molecule has 0 unspecified atom stereocenters. The maximum Gasteiger partial charge on any atom is 0.243 e. The fraction of sp³-hybridized carbons (Fsp3) is 0.625. The van der Waals surface area contributed by atoms with Gasteiger partial charge in [0.05, 0.1) is 0 Å². The van der Waals surface area contributed by atoms with Crippen LogP contribution in [0.3, 0.4) is 0 Å². The van der Waals surface area contributed by atoms with Crippen LogP contribution in [0.2, 0.25) is 0 Å². The number of nitrogens with one attached hydrogen (secondary N) is 1. The highest BCUT2D eigenvalue weighted by Gasteiger charge is 2.10. The molecule has 0 rings (SSSR count). The summed E-state index contributed by atoms with van der Waals surface area (Å²) in [6.07, 6.45) is 1.27. The molecule has 0 heterocycles. The van der Waals surface area contributed by atoms with Crippen molar-refractivity contribution in [3.8, 4) is 0 Å². The molecule has 0 fully saturated rings. The Labute approximate surface area is 63.3 Å². The summed E-state index contributed by atoms with van der Waals surface area (Å²) in [7, 11) is 0. The zero-order chi connectivity index (χ0) is 7.49. The Bertz CT molecular complexity index is 122. The van der Waals surface area contributed by atoms with E-state index >= 15 is 0 Å². The molecule has 0 bridgehead atoms. The Balaban J connectivity index is 0. The molecule has 0 aliphatic carbocycles. The molecule has 2 nitrogen and oxygen atoms in total. The lowest BCUT2D eigenvalue weighted by Gasteiger charge is -2.18. The van der Waals surface area contributed by atoms with E-state index in [1.165, 1.54) is 6.08 Å². The van der Waals surface area contributed by atoms with Gasteiger partial charge in [0.1, 0.15) is 0 Å². The number of carbonyl (C=O) groups excluding carboxylic acids is 1. The quantitative estimate of drug-likeness (QED) is 0.556. The maximum absolute atomic E-state index is 10.6. The van der Waals surface area contributed by atoms with Gasteiger partial charge in [0, 0.05) is 5.54 Å². The number of hydrogen-bond acceptors (Lipinski definition) is 1. The summed E-state index contributed by atoms with van der Waals surface area (Å²) in [6.45, 7) is 9.11. The van der Waals surface area contributed by atoms with Crippen molar-refractivity contribution < 1.29 is 4.79 Å². The van der Waals surface area contributed by atoms with Crippen molar-refractivity contribution in [3.05, 3.63) is 12.7 Å². The fourth-order valence-corrected chi connectivity index (χ4v) is 0.421. The van der Waals surface area contributed by atoms with Crippen molar-refractivity contribution in [2.45, 2.75) is 33.7 Å². The number of rotatable bonds is 1. The predicted octanol–water partition coefficient (Wildman–Crippen LogP) is 1.72. The van der Waals surface area contributed by atoms with E-state index in [4.69, 9.17) is 0 Å². The minimum absolute atomic E-state index is 0. The SMILES string of the molecule is C.C=CC(=O)NC(C)(C)C. The van der Waals surface area contributed by atoms with E-state index in [0.717, 1.165) is 0 Å². The third-order valence-electron chi connectivity index (χ3n) is 0.684. The molecule has 10 heavy (non-hydrogen) atoms. The number of carbonyl (C=O) groups is 1. The summed E-state index contributed by atoms with van der Waals surface area (Å²) in [5.74, 6) is -0.123. The summed E-state index contributed by atoms with van der Waals surface area (Å²) in [4.78, 5) is 10.6. The molecule has 0 aromatic rings. The van der Waals surface area contributed by atoms with Crippen LogP contribution in [0.15, 0.2) is 12.7 Å². The van der Waals surface area contributed by atoms with Crippen molar-refractivity contribution in [2.24, 2.45) is 0 Å². The van der Waals surface area contributed by atoms with Crippen molar-refractivity contribution >= 4 is 5.91 Å². The molecule has 0 aromatic carbocycles. The van der Waals surface area contributed by atoms with E-state index in [0.29, 0.717) is 0 Å². The van der Waals surface area contributed by atoms with Gasteiger partial charge in [-0.2, -0.15) is 0 Å². The smallest absolute Gasteiger partial charge is 0.243 e. The summed E-state index contributed by atoms with van der Waals surface area (Å²) in [5, 5.41) is 2.71. The van der Waals surface area contributed by atoms with Gasteiger partial charge in [-0.3, -0.25) is 4.79 Å². The van der Waals surface area contributed by atoms with Crippen LogP contribution >= 0.6 is 0 Å². The minimum atomic E-state index is -0.148.